The van der Waals surface area contributed by atoms with E-state index in [9.17, 15) is 4.79 Å². The molecule has 100 valence electrons. The number of carbonyl (C=O) groups is 1. The maximum atomic E-state index is 11.1. The second kappa shape index (κ2) is 5.53. The van der Waals surface area contributed by atoms with Gasteiger partial charge in [-0.05, 0) is 43.0 Å². The second-order valence-electron chi connectivity index (χ2n) is 4.98. The standard InChI is InChI=1S/C14H16ClN3O/c1-9(2)6-14-12(8-19)16-17-18(14)13-5-4-11(15)7-10(13)3/h4-5,7-9H,6H2,1-3H3. The van der Waals surface area contributed by atoms with E-state index in [0.29, 0.717) is 16.6 Å². The molecule has 0 aliphatic carbocycles. The third kappa shape index (κ3) is 2.84. The average Bonchev–Trinajstić information content (AvgIpc) is 2.71. The molecule has 4 nitrogen and oxygen atoms in total. The summed E-state index contributed by atoms with van der Waals surface area (Å²) >= 11 is 5.96. The summed E-state index contributed by atoms with van der Waals surface area (Å²) in [5.41, 5.74) is 3.15. The van der Waals surface area contributed by atoms with Crippen molar-refractivity contribution in [2.45, 2.75) is 27.2 Å². The number of aldehydes is 1. The monoisotopic (exact) mass is 277 g/mol. The van der Waals surface area contributed by atoms with Crippen molar-refractivity contribution in [3.05, 3.63) is 40.2 Å². The van der Waals surface area contributed by atoms with Crippen LogP contribution in [-0.4, -0.2) is 21.3 Å². The summed E-state index contributed by atoms with van der Waals surface area (Å²) in [6.07, 6.45) is 1.51. The average molecular weight is 278 g/mol. The third-order valence-corrected chi connectivity index (χ3v) is 3.13. The van der Waals surface area contributed by atoms with Gasteiger partial charge >= 0.3 is 0 Å². The highest BCUT2D eigenvalue weighted by molar-refractivity contribution is 6.30. The van der Waals surface area contributed by atoms with E-state index in [1.807, 2.05) is 25.1 Å². The molecule has 5 heteroatoms. The predicted octanol–water partition coefficient (Wildman–Crippen LogP) is 3.24. The zero-order valence-electron chi connectivity index (χ0n) is 11.2. The van der Waals surface area contributed by atoms with Crippen LogP contribution in [0.3, 0.4) is 0 Å². The second-order valence-corrected chi connectivity index (χ2v) is 5.42. The normalized spacial score (nSPS) is 11.0. The quantitative estimate of drug-likeness (QED) is 0.806. The predicted molar refractivity (Wildman–Crippen MR) is 75.0 cm³/mol. The molecule has 0 fully saturated rings. The maximum Gasteiger partial charge on any atom is 0.172 e. The molecule has 0 N–H and O–H groups in total. The van der Waals surface area contributed by atoms with Gasteiger partial charge in [-0.1, -0.05) is 30.7 Å². The Labute approximate surface area is 117 Å². The van der Waals surface area contributed by atoms with Crippen molar-refractivity contribution >= 4 is 17.9 Å². The minimum Gasteiger partial charge on any atom is -0.296 e. The summed E-state index contributed by atoms with van der Waals surface area (Å²) in [5.74, 6) is 0.420. The summed E-state index contributed by atoms with van der Waals surface area (Å²) < 4.78 is 1.73. The number of rotatable bonds is 4. The fourth-order valence-electron chi connectivity index (χ4n) is 2.03. The lowest BCUT2D eigenvalue weighted by atomic mass is 10.1. The SMILES string of the molecule is Cc1cc(Cl)ccc1-n1nnc(C=O)c1CC(C)C. The first-order valence-electron chi connectivity index (χ1n) is 6.19. The molecule has 0 bridgehead atoms. The summed E-state index contributed by atoms with van der Waals surface area (Å²) in [6, 6.07) is 5.58. The molecule has 0 saturated heterocycles. The van der Waals surface area contributed by atoms with Crippen LogP contribution >= 0.6 is 11.6 Å². The number of nitrogens with zero attached hydrogens (tertiary/aromatic N) is 3. The first kappa shape index (κ1) is 13.7. The lowest BCUT2D eigenvalue weighted by molar-refractivity contribution is 0.111. The van der Waals surface area contributed by atoms with E-state index in [4.69, 9.17) is 11.6 Å². The number of hydrogen-bond acceptors (Lipinski definition) is 3. The number of carbonyl (C=O) groups excluding carboxylic acids is 1. The van der Waals surface area contributed by atoms with Crippen LogP contribution in [0, 0.1) is 12.8 Å². The molecule has 0 spiro atoms. The van der Waals surface area contributed by atoms with E-state index in [2.05, 4.69) is 24.2 Å². The molecule has 0 radical (unpaired) electrons. The molecule has 1 heterocycles. The number of hydrogen-bond donors (Lipinski definition) is 0. The van der Waals surface area contributed by atoms with E-state index in [-0.39, 0.29) is 0 Å². The van der Waals surface area contributed by atoms with Crippen LogP contribution < -0.4 is 0 Å². The van der Waals surface area contributed by atoms with Crippen LogP contribution in [0.4, 0.5) is 0 Å². The molecule has 19 heavy (non-hydrogen) atoms. The van der Waals surface area contributed by atoms with Crippen LogP contribution in [0.1, 0.15) is 35.6 Å². The van der Waals surface area contributed by atoms with Gasteiger partial charge in [-0.3, -0.25) is 4.79 Å². The molecule has 2 rings (SSSR count). The fraction of sp³-hybridized carbons (Fsp3) is 0.357. The van der Waals surface area contributed by atoms with Crippen molar-refractivity contribution in [3.8, 4) is 5.69 Å². The van der Waals surface area contributed by atoms with E-state index in [1.54, 1.807) is 4.68 Å². The third-order valence-electron chi connectivity index (χ3n) is 2.89. The van der Waals surface area contributed by atoms with Gasteiger partial charge in [0.25, 0.3) is 0 Å². The molecule has 0 aliphatic heterocycles. The Balaban J connectivity index is 2.55. The van der Waals surface area contributed by atoms with Crippen molar-refractivity contribution in [1.29, 1.82) is 0 Å². The summed E-state index contributed by atoms with van der Waals surface area (Å²) in [4.78, 5) is 11.1. The van der Waals surface area contributed by atoms with Crippen molar-refractivity contribution in [2.24, 2.45) is 5.92 Å². The van der Waals surface area contributed by atoms with Crippen LogP contribution in [0.5, 0.6) is 0 Å². The highest BCUT2D eigenvalue weighted by Crippen LogP contribution is 2.21. The first-order valence-corrected chi connectivity index (χ1v) is 6.57. The molecule has 0 aliphatic rings. The number of aromatic nitrogens is 3. The molecule has 1 aromatic carbocycles. The van der Waals surface area contributed by atoms with Gasteiger partial charge in [-0.25, -0.2) is 4.68 Å². The minimum absolute atomic E-state index is 0.406. The number of halogens is 1. The maximum absolute atomic E-state index is 11.1. The Morgan fingerprint density at radius 2 is 2.16 bits per heavy atom. The van der Waals surface area contributed by atoms with Gasteiger partial charge in [0.15, 0.2) is 6.29 Å². The van der Waals surface area contributed by atoms with E-state index in [1.165, 1.54) is 0 Å². The smallest absolute Gasteiger partial charge is 0.172 e. The highest BCUT2D eigenvalue weighted by atomic mass is 35.5. The molecular formula is C14H16ClN3O. The van der Waals surface area contributed by atoms with Crippen molar-refractivity contribution < 1.29 is 4.79 Å². The van der Waals surface area contributed by atoms with Gasteiger partial charge in [0.05, 0.1) is 11.4 Å². The van der Waals surface area contributed by atoms with Gasteiger partial charge in [0.1, 0.15) is 5.69 Å². The Morgan fingerprint density at radius 3 is 2.74 bits per heavy atom. The Hall–Kier alpha value is -1.68. The Bertz CT molecular complexity index is 605. The summed E-state index contributed by atoms with van der Waals surface area (Å²) in [5, 5.41) is 8.72. The van der Waals surface area contributed by atoms with E-state index >= 15 is 0 Å². The van der Waals surface area contributed by atoms with Gasteiger partial charge in [-0.2, -0.15) is 0 Å². The zero-order valence-corrected chi connectivity index (χ0v) is 12.0. The van der Waals surface area contributed by atoms with Crippen LogP contribution in [-0.2, 0) is 6.42 Å². The van der Waals surface area contributed by atoms with Crippen LogP contribution in [0.15, 0.2) is 18.2 Å². The Kier molecular flexibility index (Phi) is 4.00. The number of aryl methyl sites for hydroxylation is 1. The zero-order chi connectivity index (χ0) is 14.0. The molecule has 0 atom stereocenters. The van der Waals surface area contributed by atoms with Gasteiger partial charge in [-0.15, -0.1) is 5.10 Å². The highest BCUT2D eigenvalue weighted by Gasteiger charge is 2.16. The van der Waals surface area contributed by atoms with Crippen LogP contribution in [0.2, 0.25) is 5.02 Å². The minimum atomic E-state index is 0.406. The molecule has 2 aromatic rings. The van der Waals surface area contributed by atoms with E-state index in [0.717, 1.165) is 29.7 Å². The van der Waals surface area contributed by atoms with Crippen molar-refractivity contribution in [2.75, 3.05) is 0 Å². The molecular weight excluding hydrogens is 262 g/mol. The van der Waals surface area contributed by atoms with Gasteiger partial charge in [0.2, 0.25) is 0 Å². The molecule has 0 unspecified atom stereocenters. The largest absolute Gasteiger partial charge is 0.296 e. The van der Waals surface area contributed by atoms with Gasteiger partial charge in [0, 0.05) is 5.02 Å². The van der Waals surface area contributed by atoms with Crippen molar-refractivity contribution in [3.63, 3.8) is 0 Å². The fourth-order valence-corrected chi connectivity index (χ4v) is 2.26. The molecule has 0 saturated carbocycles. The topological polar surface area (TPSA) is 47.8 Å². The summed E-state index contributed by atoms with van der Waals surface area (Å²) in [7, 11) is 0. The summed E-state index contributed by atoms with van der Waals surface area (Å²) in [6.45, 7) is 6.16. The molecule has 0 amide bonds. The number of benzene rings is 1. The Morgan fingerprint density at radius 1 is 1.42 bits per heavy atom. The van der Waals surface area contributed by atoms with E-state index < -0.39 is 0 Å². The molecule has 1 aromatic heterocycles. The van der Waals surface area contributed by atoms with Gasteiger partial charge < -0.3 is 0 Å². The first-order chi connectivity index (χ1) is 9.02. The lowest BCUT2D eigenvalue weighted by Gasteiger charge is -2.11. The van der Waals surface area contributed by atoms with Crippen LogP contribution in [0.25, 0.3) is 5.69 Å². The lowest BCUT2D eigenvalue weighted by Crippen LogP contribution is -2.08. The van der Waals surface area contributed by atoms with Crippen molar-refractivity contribution in [1.82, 2.24) is 15.0 Å².